The molecular weight excluding hydrogens is 296 g/mol. The minimum atomic E-state index is -3.52. The second-order valence-corrected chi connectivity index (χ2v) is 8.30. The van der Waals surface area contributed by atoms with Gasteiger partial charge in [0.2, 0.25) is 10.0 Å². The molecule has 1 fully saturated rings. The maximum absolute atomic E-state index is 12.4. The highest BCUT2D eigenvalue weighted by Gasteiger charge is 2.33. The lowest BCUT2D eigenvalue weighted by atomic mass is 9.92. The molecule has 3 N–H and O–H groups in total. The standard InChI is InChI=1S/C14H21ClN2O2S/c1-14(2)6-5-11(8-14)17-20(18,19)12-4-3-10(9-16)13(15)7-12/h3-4,7,11,17H,5-6,8-9,16H2,1-2H3. The average molecular weight is 317 g/mol. The fourth-order valence-corrected chi connectivity index (χ4v) is 4.30. The summed E-state index contributed by atoms with van der Waals surface area (Å²) in [5.41, 5.74) is 6.47. The molecule has 4 nitrogen and oxygen atoms in total. The molecule has 2 rings (SSSR count). The lowest BCUT2D eigenvalue weighted by Crippen LogP contribution is -2.33. The monoisotopic (exact) mass is 316 g/mol. The van der Waals surface area contributed by atoms with Gasteiger partial charge in [0.15, 0.2) is 0 Å². The highest BCUT2D eigenvalue weighted by atomic mass is 35.5. The van der Waals surface area contributed by atoms with E-state index in [4.69, 9.17) is 17.3 Å². The van der Waals surface area contributed by atoms with Crippen molar-refractivity contribution in [1.82, 2.24) is 4.72 Å². The normalized spacial score (nSPS) is 22.1. The van der Waals surface area contributed by atoms with Crippen molar-refractivity contribution in [2.75, 3.05) is 0 Å². The number of hydrogen-bond donors (Lipinski definition) is 2. The quantitative estimate of drug-likeness (QED) is 0.897. The van der Waals surface area contributed by atoms with E-state index >= 15 is 0 Å². The van der Waals surface area contributed by atoms with E-state index in [1.54, 1.807) is 12.1 Å². The highest BCUT2D eigenvalue weighted by Crippen LogP contribution is 2.37. The summed E-state index contributed by atoms with van der Waals surface area (Å²) in [5.74, 6) is 0. The third-order valence-corrected chi connectivity index (χ3v) is 5.72. The summed E-state index contributed by atoms with van der Waals surface area (Å²) in [4.78, 5) is 0.199. The Labute approximate surface area is 125 Å². The van der Waals surface area contributed by atoms with Gasteiger partial charge in [-0.25, -0.2) is 13.1 Å². The summed E-state index contributed by atoms with van der Waals surface area (Å²) >= 11 is 6.03. The van der Waals surface area contributed by atoms with Crippen LogP contribution in [0.2, 0.25) is 5.02 Å². The van der Waals surface area contributed by atoms with Crippen molar-refractivity contribution in [1.29, 1.82) is 0 Å². The van der Waals surface area contributed by atoms with Crippen LogP contribution >= 0.6 is 11.6 Å². The Balaban J connectivity index is 2.17. The molecule has 0 aromatic heterocycles. The number of halogens is 1. The van der Waals surface area contributed by atoms with Gasteiger partial charge in [-0.15, -0.1) is 0 Å². The van der Waals surface area contributed by atoms with Crippen LogP contribution in [0.5, 0.6) is 0 Å². The van der Waals surface area contributed by atoms with Crippen LogP contribution in [-0.4, -0.2) is 14.5 Å². The maximum Gasteiger partial charge on any atom is 0.240 e. The van der Waals surface area contributed by atoms with Crippen LogP contribution in [-0.2, 0) is 16.6 Å². The van der Waals surface area contributed by atoms with Crippen molar-refractivity contribution in [2.45, 2.75) is 50.6 Å². The second-order valence-electron chi connectivity index (χ2n) is 6.18. The Kier molecular flexibility index (Phi) is 4.44. The Morgan fingerprint density at radius 3 is 2.65 bits per heavy atom. The van der Waals surface area contributed by atoms with Crippen LogP contribution in [0.3, 0.4) is 0 Å². The average Bonchev–Trinajstić information content (AvgIpc) is 2.67. The second kappa shape index (κ2) is 5.64. The zero-order valence-electron chi connectivity index (χ0n) is 11.8. The van der Waals surface area contributed by atoms with Crippen molar-refractivity contribution in [3.63, 3.8) is 0 Å². The molecule has 112 valence electrons. The molecule has 0 amide bonds. The Morgan fingerprint density at radius 1 is 1.45 bits per heavy atom. The van der Waals surface area contributed by atoms with Crippen molar-refractivity contribution in [3.05, 3.63) is 28.8 Å². The summed E-state index contributed by atoms with van der Waals surface area (Å²) in [6.07, 6.45) is 2.77. The maximum atomic E-state index is 12.4. The Morgan fingerprint density at radius 2 is 2.15 bits per heavy atom. The third kappa shape index (κ3) is 3.52. The summed E-state index contributed by atoms with van der Waals surface area (Å²) in [6, 6.07) is 4.68. The van der Waals surface area contributed by atoms with Gasteiger partial charge in [0.25, 0.3) is 0 Å². The molecule has 0 heterocycles. The predicted octanol–water partition coefficient (Wildman–Crippen LogP) is 2.66. The Hall–Kier alpha value is -0.620. The number of rotatable bonds is 4. The molecule has 0 aliphatic heterocycles. The van der Waals surface area contributed by atoms with Gasteiger partial charge in [-0.05, 0) is 42.4 Å². The largest absolute Gasteiger partial charge is 0.326 e. The van der Waals surface area contributed by atoms with E-state index in [1.165, 1.54) is 6.07 Å². The van der Waals surface area contributed by atoms with Gasteiger partial charge in [0.1, 0.15) is 0 Å². The van der Waals surface area contributed by atoms with Gasteiger partial charge in [0.05, 0.1) is 4.90 Å². The molecule has 1 aromatic rings. The lowest BCUT2D eigenvalue weighted by Gasteiger charge is -2.18. The molecule has 0 spiro atoms. The highest BCUT2D eigenvalue weighted by molar-refractivity contribution is 7.89. The number of benzene rings is 1. The smallest absolute Gasteiger partial charge is 0.240 e. The van der Waals surface area contributed by atoms with Gasteiger partial charge < -0.3 is 5.73 Å². The van der Waals surface area contributed by atoms with Gasteiger partial charge >= 0.3 is 0 Å². The number of hydrogen-bond acceptors (Lipinski definition) is 3. The summed E-state index contributed by atoms with van der Waals surface area (Å²) in [5, 5.41) is 0.391. The molecule has 20 heavy (non-hydrogen) atoms. The first-order valence-electron chi connectivity index (χ1n) is 6.74. The molecule has 1 aliphatic carbocycles. The van der Waals surface area contributed by atoms with E-state index in [0.29, 0.717) is 11.6 Å². The zero-order valence-corrected chi connectivity index (χ0v) is 13.4. The van der Waals surface area contributed by atoms with E-state index in [1.807, 2.05) is 0 Å². The molecule has 0 radical (unpaired) electrons. The molecule has 1 atom stereocenters. The van der Waals surface area contributed by atoms with Crippen molar-refractivity contribution in [3.8, 4) is 0 Å². The van der Waals surface area contributed by atoms with Crippen LogP contribution in [0.15, 0.2) is 23.1 Å². The number of nitrogens with one attached hydrogen (secondary N) is 1. The molecule has 0 saturated heterocycles. The topological polar surface area (TPSA) is 72.2 Å². The third-order valence-electron chi connectivity index (χ3n) is 3.85. The molecule has 1 unspecified atom stereocenters. The van der Waals surface area contributed by atoms with Gasteiger partial charge in [0, 0.05) is 17.6 Å². The van der Waals surface area contributed by atoms with Crippen LogP contribution in [0.25, 0.3) is 0 Å². The number of nitrogens with two attached hydrogens (primary N) is 1. The van der Waals surface area contributed by atoms with Crippen molar-refractivity contribution in [2.24, 2.45) is 11.1 Å². The van der Waals surface area contributed by atoms with Gasteiger partial charge in [-0.3, -0.25) is 0 Å². The van der Waals surface area contributed by atoms with E-state index in [-0.39, 0.29) is 16.4 Å². The van der Waals surface area contributed by atoms with E-state index < -0.39 is 10.0 Å². The zero-order chi connectivity index (χ0) is 15.0. The molecule has 6 heteroatoms. The fourth-order valence-electron chi connectivity index (χ4n) is 2.68. The van der Waals surface area contributed by atoms with Gasteiger partial charge in [-0.1, -0.05) is 31.5 Å². The first-order valence-corrected chi connectivity index (χ1v) is 8.60. The van der Waals surface area contributed by atoms with Crippen molar-refractivity contribution >= 4 is 21.6 Å². The minimum Gasteiger partial charge on any atom is -0.326 e. The van der Waals surface area contributed by atoms with E-state index in [2.05, 4.69) is 18.6 Å². The molecule has 1 saturated carbocycles. The Bertz CT molecular complexity index is 599. The molecule has 1 aromatic carbocycles. The van der Waals surface area contributed by atoms with Gasteiger partial charge in [-0.2, -0.15) is 0 Å². The number of sulfonamides is 1. The van der Waals surface area contributed by atoms with E-state index in [0.717, 1.165) is 24.8 Å². The summed E-state index contributed by atoms with van der Waals surface area (Å²) in [6.45, 7) is 4.62. The molecule has 1 aliphatic rings. The summed E-state index contributed by atoms with van der Waals surface area (Å²) in [7, 11) is -3.52. The fraction of sp³-hybridized carbons (Fsp3) is 0.571. The lowest BCUT2D eigenvalue weighted by molar-refractivity contribution is 0.372. The molecule has 0 bridgehead atoms. The van der Waals surface area contributed by atoms with Crippen LogP contribution in [0.1, 0.15) is 38.7 Å². The van der Waals surface area contributed by atoms with Crippen LogP contribution < -0.4 is 10.5 Å². The summed E-state index contributed by atoms with van der Waals surface area (Å²) < 4.78 is 27.5. The predicted molar refractivity (Wildman–Crippen MR) is 81.1 cm³/mol. The van der Waals surface area contributed by atoms with E-state index in [9.17, 15) is 8.42 Å². The SMILES string of the molecule is CC1(C)CCC(NS(=O)(=O)c2ccc(CN)c(Cl)c2)C1. The first-order chi connectivity index (χ1) is 9.23. The minimum absolute atomic E-state index is 0.00274. The first kappa shape index (κ1) is 15.8. The van der Waals surface area contributed by atoms with Crippen LogP contribution in [0, 0.1) is 5.41 Å². The van der Waals surface area contributed by atoms with Crippen molar-refractivity contribution < 1.29 is 8.42 Å². The molecular formula is C14H21ClN2O2S. The van der Waals surface area contributed by atoms with Crippen LogP contribution in [0.4, 0.5) is 0 Å².